The van der Waals surface area contributed by atoms with Crippen molar-refractivity contribution in [3.8, 4) is 0 Å². The lowest BCUT2D eigenvalue weighted by atomic mass is 10.1. The largest absolute Gasteiger partial charge is 0.369 e. The van der Waals surface area contributed by atoms with Crippen LogP contribution < -0.4 is 15.5 Å². The number of rotatable bonds is 8. The number of nitrogens with zero attached hydrogens (tertiary/aromatic N) is 3. The first-order chi connectivity index (χ1) is 15.6. The standard InChI is InChI=1S/C27H32N4O/c1-22-9-5-6-10-23(22)21-31(26-14-8-7-13-25(26)27(28)32)20-17-29-15-18-30(19-16-29)24-11-3-2-4-12-24/h2-14H,15-21H2,1H3,(H2,28,32). The number of amides is 1. The maximum absolute atomic E-state index is 12.1. The smallest absolute Gasteiger partial charge is 0.250 e. The number of hydrogen-bond donors (Lipinski definition) is 1. The summed E-state index contributed by atoms with van der Waals surface area (Å²) in [7, 11) is 0. The summed E-state index contributed by atoms with van der Waals surface area (Å²) < 4.78 is 0. The van der Waals surface area contributed by atoms with E-state index in [1.807, 2.05) is 24.3 Å². The van der Waals surface area contributed by atoms with E-state index in [9.17, 15) is 4.79 Å². The first kappa shape index (κ1) is 21.9. The Morgan fingerprint density at radius 1 is 0.875 bits per heavy atom. The van der Waals surface area contributed by atoms with Gasteiger partial charge >= 0.3 is 0 Å². The fraction of sp³-hybridized carbons (Fsp3) is 0.296. The molecule has 0 bridgehead atoms. The van der Waals surface area contributed by atoms with Crippen LogP contribution in [0, 0.1) is 6.92 Å². The summed E-state index contributed by atoms with van der Waals surface area (Å²) >= 11 is 0. The van der Waals surface area contributed by atoms with Crippen molar-refractivity contribution in [1.29, 1.82) is 0 Å². The zero-order chi connectivity index (χ0) is 22.3. The third-order valence-corrected chi connectivity index (χ3v) is 6.31. The molecular weight excluding hydrogens is 396 g/mol. The predicted molar refractivity (Wildman–Crippen MR) is 132 cm³/mol. The van der Waals surface area contributed by atoms with E-state index in [0.717, 1.165) is 51.5 Å². The second-order valence-corrected chi connectivity index (χ2v) is 8.39. The highest BCUT2D eigenvalue weighted by Gasteiger charge is 2.20. The lowest BCUT2D eigenvalue weighted by molar-refractivity contribution is 0.100. The Morgan fingerprint density at radius 2 is 1.53 bits per heavy atom. The Morgan fingerprint density at radius 3 is 2.25 bits per heavy atom. The minimum Gasteiger partial charge on any atom is -0.369 e. The van der Waals surface area contributed by atoms with E-state index in [2.05, 4.69) is 76.2 Å². The zero-order valence-electron chi connectivity index (χ0n) is 18.8. The highest BCUT2D eigenvalue weighted by atomic mass is 16.1. The molecular formula is C27H32N4O. The minimum absolute atomic E-state index is 0.383. The molecule has 0 aromatic heterocycles. The van der Waals surface area contributed by atoms with E-state index in [1.165, 1.54) is 16.8 Å². The van der Waals surface area contributed by atoms with Crippen LogP contribution in [0.3, 0.4) is 0 Å². The van der Waals surface area contributed by atoms with Crippen molar-refractivity contribution in [3.63, 3.8) is 0 Å². The fourth-order valence-electron chi connectivity index (χ4n) is 4.37. The molecule has 4 rings (SSSR count). The molecule has 5 nitrogen and oxygen atoms in total. The van der Waals surface area contributed by atoms with Gasteiger partial charge in [-0.3, -0.25) is 9.69 Å². The van der Waals surface area contributed by atoms with Crippen molar-refractivity contribution >= 4 is 17.3 Å². The summed E-state index contributed by atoms with van der Waals surface area (Å²) in [6, 6.07) is 26.7. The molecule has 166 valence electrons. The maximum Gasteiger partial charge on any atom is 0.250 e. The van der Waals surface area contributed by atoms with Crippen molar-refractivity contribution in [2.24, 2.45) is 5.73 Å². The number of piperazine rings is 1. The van der Waals surface area contributed by atoms with Crippen molar-refractivity contribution in [2.45, 2.75) is 13.5 Å². The van der Waals surface area contributed by atoms with Crippen LogP contribution in [0.2, 0.25) is 0 Å². The van der Waals surface area contributed by atoms with Gasteiger partial charge in [0, 0.05) is 57.2 Å². The number of nitrogens with two attached hydrogens (primary N) is 1. The lowest BCUT2D eigenvalue weighted by Crippen LogP contribution is -2.48. The van der Waals surface area contributed by atoms with Crippen LogP contribution in [-0.4, -0.2) is 50.1 Å². The number of carbonyl (C=O) groups excluding carboxylic acids is 1. The van der Waals surface area contributed by atoms with E-state index in [1.54, 1.807) is 0 Å². The van der Waals surface area contributed by atoms with Crippen LogP contribution in [-0.2, 0) is 6.54 Å². The monoisotopic (exact) mass is 428 g/mol. The fourth-order valence-corrected chi connectivity index (χ4v) is 4.37. The van der Waals surface area contributed by atoms with Crippen LogP contribution in [0.15, 0.2) is 78.9 Å². The Bertz CT molecular complexity index is 1030. The van der Waals surface area contributed by atoms with E-state index in [0.29, 0.717) is 5.56 Å². The van der Waals surface area contributed by atoms with Gasteiger partial charge in [-0.1, -0.05) is 54.6 Å². The summed E-state index contributed by atoms with van der Waals surface area (Å²) in [6.07, 6.45) is 0. The van der Waals surface area contributed by atoms with Crippen LogP contribution >= 0.6 is 0 Å². The predicted octanol–water partition coefficient (Wildman–Crippen LogP) is 3.92. The number of carbonyl (C=O) groups is 1. The summed E-state index contributed by atoms with van der Waals surface area (Å²) in [4.78, 5) is 19.4. The van der Waals surface area contributed by atoms with Crippen molar-refractivity contribution in [2.75, 3.05) is 49.1 Å². The van der Waals surface area contributed by atoms with E-state index in [4.69, 9.17) is 5.73 Å². The molecule has 1 heterocycles. The average Bonchev–Trinajstić information content (AvgIpc) is 2.84. The van der Waals surface area contributed by atoms with Gasteiger partial charge in [0.05, 0.1) is 5.56 Å². The van der Waals surface area contributed by atoms with Crippen molar-refractivity contribution in [3.05, 3.63) is 95.6 Å². The van der Waals surface area contributed by atoms with Crippen molar-refractivity contribution in [1.82, 2.24) is 4.90 Å². The average molecular weight is 429 g/mol. The van der Waals surface area contributed by atoms with Crippen LogP contribution in [0.4, 0.5) is 11.4 Å². The highest BCUT2D eigenvalue weighted by Crippen LogP contribution is 2.24. The number of benzene rings is 3. The highest BCUT2D eigenvalue weighted by molar-refractivity contribution is 5.98. The second kappa shape index (κ2) is 10.3. The summed E-state index contributed by atoms with van der Waals surface area (Å²) in [5.41, 5.74) is 11.0. The van der Waals surface area contributed by atoms with Gasteiger partial charge in [-0.2, -0.15) is 0 Å². The molecule has 1 amide bonds. The second-order valence-electron chi connectivity index (χ2n) is 8.39. The van der Waals surface area contributed by atoms with Gasteiger partial charge in [-0.05, 0) is 42.3 Å². The van der Waals surface area contributed by atoms with Crippen LogP contribution in [0.25, 0.3) is 0 Å². The molecule has 1 aliphatic heterocycles. The third kappa shape index (κ3) is 5.29. The Kier molecular flexibility index (Phi) is 7.07. The van der Waals surface area contributed by atoms with Crippen LogP contribution in [0.5, 0.6) is 0 Å². The van der Waals surface area contributed by atoms with E-state index >= 15 is 0 Å². The van der Waals surface area contributed by atoms with Gasteiger partial charge in [0.2, 0.25) is 0 Å². The number of primary amides is 1. The quantitative estimate of drug-likeness (QED) is 0.591. The number of hydrogen-bond acceptors (Lipinski definition) is 4. The summed E-state index contributed by atoms with van der Waals surface area (Å²) in [6.45, 7) is 8.79. The molecule has 5 heteroatoms. The molecule has 0 radical (unpaired) electrons. The topological polar surface area (TPSA) is 52.8 Å². The molecule has 1 aliphatic rings. The van der Waals surface area contributed by atoms with Crippen molar-refractivity contribution < 1.29 is 4.79 Å². The molecule has 0 unspecified atom stereocenters. The minimum atomic E-state index is -0.383. The summed E-state index contributed by atoms with van der Waals surface area (Å²) in [5.74, 6) is -0.383. The number of aryl methyl sites for hydroxylation is 1. The Balaban J connectivity index is 1.45. The molecule has 3 aromatic rings. The molecule has 0 aliphatic carbocycles. The zero-order valence-corrected chi connectivity index (χ0v) is 18.8. The maximum atomic E-state index is 12.1. The van der Waals surface area contributed by atoms with Gasteiger partial charge < -0.3 is 15.5 Å². The first-order valence-corrected chi connectivity index (χ1v) is 11.3. The SMILES string of the molecule is Cc1ccccc1CN(CCN1CCN(c2ccccc2)CC1)c1ccccc1C(N)=O. The van der Waals surface area contributed by atoms with Gasteiger partial charge in [0.15, 0.2) is 0 Å². The molecule has 0 spiro atoms. The molecule has 1 saturated heterocycles. The van der Waals surface area contributed by atoms with E-state index < -0.39 is 0 Å². The van der Waals surface area contributed by atoms with Gasteiger partial charge in [0.25, 0.3) is 5.91 Å². The molecule has 0 saturated carbocycles. The molecule has 32 heavy (non-hydrogen) atoms. The van der Waals surface area contributed by atoms with Crippen LogP contribution in [0.1, 0.15) is 21.5 Å². The van der Waals surface area contributed by atoms with E-state index in [-0.39, 0.29) is 5.91 Å². The molecule has 0 atom stereocenters. The molecule has 3 aromatic carbocycles. The Hall–Kier alpha value is -3.31. The number of anilines is 2. The first-order valence-electron chi connectivity index (χ1n) is 11.3. The van der Waals surface area contributed by atoms with Gasteiger partial charge in [-0.25, -0.2) is 0 Å². The molecule has 1 fully saturated rings. The number of para-hydroxylation sites is 2. The Labute approximate surface area is 191 Å². The van der Waals surface area contributed by atoms with Gasteiger partial charge in [-0.15, -0.1) is 0 Å². The lowest BCUT2D eigenvalue weighted by Gasteiger charge is -2.37. The third-order valence-electron chi connectivity index (χ3n) is 6.31. The van der Waals surface area contributed by atoms with Gasteiger partial charge in [0.1, 0.15) is 0 Å². The normalized spacial score (nSPS) is 14.3. The summed E-state index contributed by atoms with van der Waals surface area (Å²) in [5, 5.41) is 0. The molecule has 2 N–H and O–H groups in total.